The lowest BCUT2D eigenvalue weighted by Gasteiger charge is -2.36. The highest BCUT2D eigenvalue weighted by Crippen LogP contribution is 2.34. The quantitative estimate of drug-likeness (QED) is 0.637. The van der Waals surface area contributed by atoms with E-state index in [0.29, 0.717) is 44.8 Å². The van der Waals surface area contributed by atoms with Crippen LogP contribution in [0, 0.1) is 13.8 Å². The Morgan fingerprint density at radius 1 is 0.939 bits per heavy atom. The SMILES string of the molecule is COc1ccc(N2CCCCS2(=O)=O)cc1S(=O)(=O)N1CCN(c2cccc(C)c2C)CC1. The first-order valence-corrected chi connectivity index (χ1v) is 14.2. The van der Waals surface area contributed by atoms with E-state index in [1.54, 1.807) is 12.1 Å². The predicted molar refractivity (Wildman–Crippen MR) is 130 cm³/mol. The zero-order valence-electron chi connectivity index (χ0n) is 19.3. The summed E-state index contributed by atoms with van der Waals surface area (Å²) in [5.74, 6) is 0.284. The van der Waals surface area contributed by atoms with Gasteiger partial charge in [-0.3, -0.25) is 4.31 Å². The summed E-state index contributed by atoms with van der Waals surface area (Å²) < 4.78 is 60.4. The lowest BCUT2D eigenvalue weighted by atomic mass is 10.1. The van der Waals surface area contributed by atoms with Gasteiger partial charge in [0.15, 0.2) is 0 Å². The van der Waals surface area contributed by atoms with Gasteiger partial charge in [0.2, 0.25) is 20.0 Å². The molecule has 0 unspecified atom stereocenters. The van der Waals surface area contributed by atoms with Crippen LogP contribution in [0.2, 0.25) is 0 Å². The van der Waals surface area contributed by atoms with Gasteiger partial charge in [0.05, 0.1) is 18.6 Å². The second kappa shape index (κ2) is 9.15. The van der Waals surface area contributed by atoms with Gasteiger partial charge in [-0.15, -0.1) is 0 Å². The molecule has 2 fully saturated rings. The number of hydrogen-bond donors (Lipinski definition) is 0. The van der Waals surface area contributed by atoms with Crippen molar-refractivity contribution >= 4 is 31.4 Å². The number of ether oxygens (including phenoxy) is 1. The Hall–Kier alpha value is -2.30. The van der Waals surface area contributed by atoms with E-state index >= 15 is 0 Å². The molecule has 180 valence electrons. The fourth-order valence-corrected chi connectivity index (χ4v) is 7.72. The van der Waals surface area contributed by atoms with Gasteiger partial charge in [-0.1, -0.05) is 12.1 Å². The van der Waals surface area contributed by atoms with E-state index in [0.717, 1.165) is 12.1 Å². The molecule has 10 heteroatoms. The van der Waals surface area contributed by atoms with E-state index in [4.69, 9.17) is 4.74 Å². The number of rotatable bonds is 5. The van der Waals surface area contributed by atoms with Crippen LogP contribution < -0.4 is 13.9 Å². The maximum Gasteiger partial charge on any atom is 0.246 e. The number of nitrogens with zero attached hydrogens (tertiary/aromatic N) is 3. The van der Waals surface area contributed by atoms with E-state index in [1.165, 1.54) is 32.9 Å². The van der Waals surface area contributed by atoms with Crippen molar-refractivity contribution in [2.24, 2.45) is 0 Å². The van der Waals surface area contributed by atoms with Crippen LogP contribution in [0.15, 0.2) is 41.3 Å². The summed E-state index contributed by atoms with van der Waals surface area (Å²) in [6.07, 6.45) is 1.36. The van der Waals surface area contributed by atoms with Gasteiger partial charge in [-0.2, -0.15) is 4.31 Å². The van der Waals surface area contributed by atoms with Crippen LogP contribution in [0.5, 0.6) is 5.75 Å². The molecule has 0 amide bonds. The van der Waals surface area contributed by atoms with Crippen LogP contribution in [0.4, 0.5) is 11.4 Å². The van der Waals surface area contributed by atoms with Gasteiger partial charge in [0.1, 0.15) is 10.6 Å². The molecule has 0 radical (unpaired) electrons. The summed E-state index contributed by atoms with van der Waals surface area (Å²) in [6, 6.07) is 10.7. The molecule has 0 aliphatic carbocycles. The van der Waals surface area contributed by atoms with Gasteiger partial charge in [-0.25, -0.2) is 16.8 Å². The number of methoxy groups -OCH3 is 1. The predicted octanol–water partition coefficient (Wildman–Crippen LogP) is 2.75. The minimum atomic E-state index is -3.87. The molecule has 2 aromatic carbocycles. The maximum atomic E-state index is 13.6. The Kier molecular flexibility index (Phi) is 6.61. The molecule has 8 nitrogen and oxygen atoms in total. The first kappa shape index (κ1) is 23.8. The fraction of sp³-hybridized carbons (Fsp3) is 0.478. The molecule has 2 saturated heterocycles. The molecule has 2 aromatic rings. The Bertz CT molecular complexity index is 1240. The largest absolute Gasteiger partial charge is 0.495 e. The zero-order valence-corrected chi connectivity index (χ0v) is 21.0. The highest BCUT2D eigenvalue weighted by molar-refractivity contribution is 7.92. The molecule has 2 heterocycles. The van der Waals surface area contributed by atoms with Gasteiger partial charge in [0.25, 0.3) is 0 Å². The van der Waals surface area contributed by atoms with Crippen LogP contribution in [-0.4, -0.2) is 66.7 Å². The van der Waals surface area contributed by atoms with Gasteiger partial charge < -0.3 is 9.64 Å². The van der Waals surface area contributed by atoms with Gasteiger partial charge in [0, 0.05) is 38.4 Å². The molecule has 0 atom stereocenters. The number of anilines is 2. The lowest BCUT2D eigenvalue weighted by molar-refractivity contribution is 0.374. The van der Waals surface area contributed by atoms with Crippen molar-refractivity contribution in [3.05, 3.63) is 47.5 Å². The second-order valence-corrected chi connectivity index (χ2v) is 12.5. The highest BCUT2D eigenvalue weighted by Gasteiger charge is 2.33. The molecule has 0 N–H and O–H groups in total. The molecular formula is C23H31N3O5S2. The molecule has 0 spiro atoms. The third-order valence-electron chi connectivity index (χ3n) is 6.56. The van der Waals surface area contributed by atoms with Crippen molar-refractivity contribution in [3.63, 3.8) is 0 Å². The fourth-order valence-electron chi connectivity index (χ4n) is 4.49. The minimum Gasteiger partial charge on any atom is -0.495 e. The van der Waals surface area contributed by atoms with Crippen LogP contribution in [0.1, 0.15) is 24.0 Å². The Morgan fingerprint density at radius 2 is 1.67 bits per heavy atom. The molecule has 4 rings (SSSR count). The number of benzene rings is 2. The van der Waals surface area contributed by atoms with E-state index in [-0.39, 0.29) is 16.4 Å². The maximum absolute atomic E-state index is 13.6. The van der Waals surface area contributed by atoms with Crippen molar-refractivity contribution in [2.75, 3.05) is 54.8 Å². The van der Waals surface area contributed by atoms with E-state index in [1.807, 2.05) is 6.07 Å². The number of hydrogen-bond acceptors (Lipinski definition) is 6. The Labute approximate surface area is 196 Å². The van der Waals surface area contributed by atoms with Crippen molar-refractivity contribution in [2.45, 2.75) is 31.6 Å². The first-order chi connectivity index (χ1) is 15.6. The van der Waals surface area contributed by atoms with Crippen molar-refractivity contribution in [1.29, 1.82) is 0 Å². The number of aryl methyl sites for hydroxylation is 1. The van der Waals surface area contributed by atoms with Crippen molar-refractivity contribution < 1.29 is 21.6 Å². The van der Waals surface area contributed by atoms with Crippen molar-refractivity contribution in [3.8, 4) is 5.75 Å². The first-order valence-electron chi connectivity index (χ1n) is 11.1. The smallest absolute Gasteiger partial charge is 0.246 e. The monoisotopic (exact) mass is 493 g/mol. The van der Waals surface area contributed by atoms with Gasteiger partial charge >= 0.3 is 0 Å². The standard InChI is InChI=1S/C23H31N3O5S2/c1-18-7-6-8-21(19(18)2)24-12-14-25(15-13-24)33(29,30)23-17-20(9-10-22(23)31-3)26-11-4-5-16-32(26,27)28/h6-10,17H,4-5,11-16H2,1-3H3. The number of piperazine rings is 1. The Morgan fingerprint density at radius 3 is 2.33 bits per heavy atom. The van der Waals surface area contributed by atoms with Crippen LogP contribution in [0.3, 0.4) is 0 Å². The average Bonchev–Trinajstić information content (AvgIpc) is 2.80. The summed E-state index contributed by atoms with van der Waals surface area (Å²) in [4.78, 5) is 2.21. The topological polar surface area (TPSA) is 87.2 Å². The summed E-state index contributed by atoms with van der Waals surface area (Å²) in [5.41, 5.74) is 3.90. The molecule has 0 saturated carbocycles. The summed E-state index contributed by atoms with van der Waals surface area (Å²) >= 11 is 0. The third kappa shape index (κ3) is 4.56. The molecule has 33 heavy (non-hydrogen) atoms. The van der Waals surface area contributed by atoms with E-state index in [9.17, 15) is 16.8 Å². The second-order valence-electron chi connectivity index (χ2n) is 8.54. The van der Waals surface area contributed by atoms with E-state index < -0.39 is 20.0 Å². The van der Waals surface area contributed by atoms with Crippen LogP contribution in [0.25, 0.3) is 0 Å². The van der Waals surface area contributed by atoms with Crippen LogP contribution >= 0.6 is 0 Å². The molecule has 2 aliphatic rings. The summed E-state index contributed by atoms with van der Waals surface area (Å²) in [5, 5.41) is 0. The molecular weight excluding hydrogens is 462 g/mol. The number of sulfonamides is 2. The van der Waals surface area contributed by atoms with E-state index in [2.05, 4.69) is 30.9 Å². The molecule has 2 aliphatic heterocycles. The third-order valence-corrected chi connectivity index (χ3v) is 10.3. The zero-order chi connectivity index (χ0) is 23.8. The average molecular weight is 494 g/mol. The minimum absolute atomic E-state index is 0.00320. The highest BCUT2D eigenvalue weighted by atomic mass is 32.2. The molecule has 0 bridgehead atoms. The summed E-state index contributed by atoms with van der Waals surface area (Å²) in [7, 11) is -5.90. The van der Waals surface area contributed by atoms with Crippen LogP contribution in [-0.2, 0) is 20.0 Å². The summed E-state index contributed by atoms with van der Waals surface area (Å²) in [6.45, 7) is 6.33. The Balaban J connectivity index is 1.60. The van der Waals surface area contributed by atoms with Crippen molar-refractivity contribution in [1.82, 2.24) is 4.31 Å². The normalized spacial score (nSPS) is 19.5. The lowest BCUT2D eigenvalue weighted by Crippen LogP contribution is -2.49. The molecule has 0 aromatic heterocycles. The van der Waals surface area contributed by atoms with Gasteiger partial charge in [-0.05, 0) is 62.1 Å².